The van der Waals surface area contributed by atoms with Gasteiger partial charge in [-0.15, -0.1) is 0 Å². The standard InChI is InChI=1S/C19H25NO7/c1-19(2)26-15-13(12(17(21)24-4)14(23-3)16(15)27-19)20-18(22)25-10-11-8-6-5-7-9-11/h5-9,12-16H,10H2,1-4H3,(H,20,22)/t12-,13-,14+,15+,16-/m0/s1. The zero-order valence-electron chi connectivity index (χ0n) is 15.8. The third-order valence-corrected chi connectivity index (χ3v) is 4.82. The van der Waals surface area contributed by atoms with E-state index >= 15 is 0 Å². The number of nitrogens with one attached hydrogen (secondary N) is 1. The van der Waals surface area contributed by atoms with Crippen molar-refractivity contribution in [3.63, 3.8) is 0 Å². The van der Waals surface area contributed by atoms with Gasteiger partial charge in [0, 0.05) is 7.11 Å². The molecule has 8 nitrogen and oxygen atoms in total. The molecule has 0 bridgehead atoms. The average molecular weight is 379 g/mol. The minimum atomic E-state index is -0.846. The molecule has 148 valence electrons. The van der Waals surface area contributed by atoms with Crippen LogP contribution in [0.5, 0.6) is 0 Å². The Balaban J connectivity index is 1.73. The van der Waals surface area contributed by atoms with Crippen molar-refractivity contribution in [2.45, 2.75) is 50.6 Å². The lowest BCUT2D eigenvalue weighted by atomic mass is 10.0. The number of esters is 1. The van der Waals surface area contributed by atoms with Crippen LogP contribution in [0.3, 0.4) is 0 Å². The van der Waals surface area contributed by atoms with E-state index in [0.717, 1.165) is 5.56 Å². The van der Waals surface area contributed by atoms with Gasteiger partial charge in [0.2, 0.25) is 0 Å². The molecular formula is C19H25NO7. The van der Waals surface area contributed by atoms with Crippen molar-refractivity contribution >= 4 is 12.1 Å². The second-order valence-corrected chi connectivity index (χ2v) is 7.05. The normalized spacial score (nSPS) is 31.2. The van der Waals surface area contributed by atoms with E-state index in [-0.39, 0.29) is 6.61 Å². The summed E-state index contributed by atoms with van der Waals surface area (Å²) < 4.78 is 27.5. The topological polar surface area (TPSA) is 92.3 Å². The van der Waals surface area contributed by atoms with Crippen LogP contribution in [0, 0.1) is 5.92 Å². The van der Waals surface area contributed by atoms with E-state index in [0.29, 0.717) is 0 Å². The molecule has 1 heterocycles. The van der Waals surface area contributed by atoms with Crippen LogP contribution in [-0.4, -0.2) is 56.4 Å². The molecule has 1 N–H and O–H groups in total. The summed E-state index contributed by atoms with van der Waals surface area (Å²) >= 11 is 0. The van der Waals surface area contributed by atoms with Gasteiger partial charge >= 0.3 is 12.1 Å². The number of carbonyl (C=O) groups is 2. The summed E-state index contributed by atoms with van der Waals surface area (Å²) in [4.78, 5) is 24.7. The van der Waals surface area contributed by atoms with Crippen molar-refractivity contribution in [2.24, 2.45) is 5.92 Å². The van der Waals surface area contributed by atoms with Crippen LogP contribution in [0.15, 0.2) is 30.3 Å². The Labute approximate surface area is 158 Å². The van der Waals surface area contributed by atoms with E-state index in [1.807, 2.05) is 30.3 Å². The third-order valence-electron chi connectivity index (χ3n) is 4.82. The molecule has 8 heteroatoms. The van der Waals surface area contributed by atoms with Crippen LogP contribution < -0.4 is 5.32 Å². The fraction of sp³-hybridized carbons (Fsp3) is 0.579. The molecule has 1 saturated carbocycles. The number of amides is 1. The van der Waals surface area contributed by atoms with Gasteiger partial charge in [-0.05, 0) is 19.4 Å². The monoisotopic (exact) mass is 379 g/mol. The van der Waals surface area contributed by atoms with Gasteiger partial charge in [-0.1, -0.05) is 30.3 Å². The molecule has 1 aliphatic carbocycles. The zero-order chi connectivity index (χ0) is 19.6. The first kappa shape index (κ1) is 19.6. The molecule has 27 heavy (non-hydrogen) atoms. The predicted molar refractivity (Wildman–Crippen MR) is 93.7 cm³/mol. The van der Waals surface area contributed by atoms with Gasteiger partial charge < -0.3 is 29.0 Å². The first-order chi connectivity index (χ1) is 12.9. The minimum Gasteiger partial charge on any atom is -0.469 e. The van der Waals surface area contributed by atoms with E-state index in [2.05, 4.69) is 5.32 Å². The Morgan fingerprint density at radius 3 is 2.41 bits per heavy atom. The van der Waals surface area contributed by atoms with Crippen LogP contribution in [0.2, 0.25) is 0 Å². The lowest BCUT2D eigenvalue weighted by Gasteiger charge is -2.28. The highest BCUT2D eigenvalue weighted by atomic mass is 16.8. The lowest BCUT2D eigenvalue weighted by Crippen LogP contribution is -2.49. The van der Waals surface area contributed by atoms with Crippen molar-refractivity contribution in [1.82, 2.24) is 5.32 Å². The maximum absolute atomic E-state index is 12.4. The first-order valence-corrected chi connectivity index (χ1v) is 8.80. The second-order valence-electron chi connectivity index (χ2n) is 7.05. The van der Waals surface area contributed by atoms with Crippen molar-refractivity contribution in [3.05, 3.63) is 35.9 Å². The number of hydrogen-bond donors (Lipinski definition) is 1. The molecule has 0 aromatic heterocycles. The summed E-state index contributed by atoms with van der Waals surface area (Å²) in [7, 11) is 2.78. The molecule has 1 aromatic carbocycles. The molecule has 0 unspecified atom stereocenters. The Kier molecular flexibility index (Phi) is 5.69. The molecule has 5 atom stereocenters. The van der Waals surface area contributed by atoms with Gasteiger partial charge in [-0.25, -0.2) is 4.79 Å². The number of alkyl carbamates (subject to hydrolysis) is 1. The van der Waals surface area contributed by atoms with E-state index in [9.17, 15) is 9.59 Å². The van der Waals surface area contributed by atoms with Gasteiger partial charge in [0.1, 0.15) is 30.8 Å². The van der Waals surface area contributed by atoms with Crippen LogP contribution in [0.1, 0.15) is 19.4 Å². The van der Waals surface area contributed by atoms with Crippen molar-refractivity contribution in [2.75, 3.05) is 14.2 Å². The van der Waals surface area contributed by atoms with Crippen LogP contribution in [0.25, 0.3) is 0 Å². The number of rotatable bonds is 5. The zero-order valence-corrected chi connectivity index (χ0v) is 15.8. The van der Waals surface area contributed by atoms with E-state index < -0.39 is 48.1 Å². The van der Waals surface area contributed by atoms with E-state index in [1.54, 1.807) is 13.8 Å². The molecular weight excluding hydrogens is 354 g/mol. The number of methoxy groups -OCH3 is 2. The number of fused-ring (bicyclic) bond motifs is 1. The fourth-order valence-corrected chi connectivity index (χ4v) is 3.73. The average Bonchev–Trinajstić information content (AvgIpc) is 3.10. The fourth-order valence-electron chi connectivity index (χ4n) is 3.73. The molecule has 1 aromatic rings. The minimum absolute atomic E-state index is 0.118. The van der Waals surface area contributed by atoms with Crippen LogP contribution in [-0.2, 0) is 35.1 Å². The Morgan fingerprint density at radius 1 is 1.11 bits per heavy atom. The molecule has 1 aliphatic heterocycles. The summed E-state index contributed by atoms with van der Waals surface area (Å²) in [6.07, 6.45) is -2.32. The second kappa shape index (κ2) is 7.84. The maximum Gasteiger partial charge on any atom is 0.407 e. The highest BCUT2D eigenvalue weighted by Gasteiger charge is 2.62. The van der Waals surface area contributed by atoms with Gasteiger partial charge in [0.05, 0.1) is 13.2 Å². The summed E-state index contributed by atoms with van der Waals surface area (Å²) in [5.74, 6) is -2.12. The first-order valence-electron chi connectivity index (χ1n) is 8.80. The smallest absolute Gasteiger partial charge is 0.407 e. The van der Waals surface area contributed by atoms with E-state index in [4.69, 9.17) is 23.7 Å². The predicted octanol–water partition coefficient (Wildman–Crippen LogP) is 1.62. The largest absolute Gasteiger partial charge is 0.469 e. The maximum atomic E-state index is 12.4. The summed E-state index contributed by atoms with van der Waals surface area (Å²) in [5.41, 5.74) is 0.859. The van der Waals surface area contributed by atoms with Crippen LogP contribution in [0.4, 0.5) is 4.79 Å². The number of carbonyl (C=O) groups excluding carboxylic acids is 2. The van der Waals surface area contributed by atoms with Crippen LogP contribution >= 0.6 is 0 Å². The van der Waals surface area contributed by atoms with Crippen molar-refractivity contribution in [3.8, 4) is 0 Å². The quantitative estimate of drug-likeness (QED) is 0.777. The van der Waals surface area contributed by atoms with Crippen molar-refractivity contribution < 1.29 is 33.3 Å². The number of hydrogen-bond acceptors (Lipinski definition) is 7. The molecule has 2 fully saturated rings. The number of benzene rings is 1. The van der Waals surface area contributed by atoms with Gasteiger partial charge in [-0.2, -0.15) is 0 Å². The molecule has 0 spiro atoms. The van der Waals surface area contributed by atoms with Gasteiger partial charge in [-0.3, -0.25) is 4.79 Å². The lowest BCUT2D eigenvalue weighted by molar-refractivity contribution is -0.181. The third kappa shape index (κ3) is 4.07. The molecule has 3 rings (SSSR count). The molecule has 1 amide bonds. The highest BCUT2D eigenvalue weighted by molar-refractivity contribution is 5.77. The Bertz CT molecular complexity index is 678. The van der Waals surface area contributed by atoms with E-state index in [1.165, 1.54) is 14.2 Å². The summed E-state index contributed by atoms with van der Waals surface area (Å²) in [6.45, 7) is 3.67. The Hall–Kier alpha value is -2.16. The summed E-state index contributed by atoms with van der Waals surface area (Å²) in [6, 6.07) is 8.62. The molecule has 1 saturated heterocycles. The SMILES string of the molecule is COC(=O)[C@H]1[C@H](NC(=O)OCc2ccccc2)[C@H]2OC(C)(C)O[C@H]2[C@@H]1OC. The number of ether oxygens (including phenoxy) is 5. The van der Waals surface area contributed by atoms with Gasteiger partial charge in [0.15, 0.2) is 5.79 Å². The highest BCUT2D eigenvalue weighted by Crippen LogP contribution is 2.43. The summed E-state index contributed by atoms with van der Waals surface area (Å²) in [5, 5.41) is 2.74. The Morgan fingerprint density at radius 2 is 1.78 bits per heavy atom. The van der Waals surface area contributed by atoms with Gasteiger partial charge in [0.25, 0.3) is 0 Å². The van der Waals surface area contributed by atoms with Crippen molar-refractivity contribution in [1.29, 1.82) is 0 Å². The molecule has 0 radical (unpaired) electrons. The molecule has 2 aliphatic rings.